The molecule has 2 heterocycles. The fraction of sp³-hybridized carbons (Fsp3) is 0.526. The lowest BCUT2D eigenvalue weighted by molar-refractivity contribution is -0.149. The summed E-state index contributed by atoms with van der Waals surface area (Å²) in [5, 5.41) is 12.5. The Kier molecular flexibility index (Phi) is 3.89. The average Bonchev–Trinajstić information content (AvgIpc) is 3.26. The SMILES string of the molecule is CC(=O)N1CCc2cc(NC(=O)N3C[C@@H]4CCC[C@@]4(C(=O)O)C3)ccc21. The van der Waals surface area contributed by atoms with Gasteiger partial charge in [-0.05, 0) is 48.9 Å². The molecule has 0 unspecified atom stereocenters. The van der Waals surface area contributed by atoms with Crippen molar-refractivity contribution in [2.45, 2.75) is 32.6 Å². The van der Waals surface area contributed by atoms with Crippen LogP contribution in [0.2, 0.25) is 0 Å². The van der Waals surface area contributed by atoms with Gasteiger partial charge in [0.1, 0.15) is 0 Å². The third-order valence-corrected chi connectivity index (χ3v) is 6.19. The highest BCUT2D eigenvalue weighted by Gasteiger charge is 2.55. The molecule has 3 amide bonds. The standard InChI is InChI=1S/C19H23N3O4/c1-12(23)22-8-6-13-9-15(4-5-16(13)22)20-18(26)21-10-14-3-2-7-19(14,11-21)17(24)25/h4-5,9,14H,2-3,6-8,10-11H2,1H3,(H,20,26)(H,24,25)/t14-,19+/m0/s1. The number of fused-ring (bicyclic) bond motifs is 2. The Balaban J connectivity index is 1.47. The van der Waals surface area contributed by atoms with Crippen molar-refractivity contribution in [1.82, 2.24) is 4.90 Å². The molecular formula is C19H23N3O4. The molecule has 7 nitrogen and oxygen atoms in total. The van der Waals surface area contributed by atoms with E-state index in [0.29, 0.717) is 25.2 Å². The van der Waals surface area contributed by atoms with Crippen LogP contribution in [-0.2, 0) is 16.0 Å². The van der Waals surface area contributed by atoms with E-state index in [1.54, 1.807) is 22.8 Å². The maximum atomic E-state index is 12.6. The number of nitrogens with zero attached hydrogens (tertiary/aromatic N) is 2. The summed E-state index contributed by atoms with van der Waals surface area (Å²) < 4.78 is 0. The smallest absolute Gasteiger partial charge is 0.321 e. The lowest BCUT2D eigenvalue weighted by Crippen LogP contribution is -2.38. The van der Waals surface area contributed by atoms with E-state index in [2.05, 4.69) is 5.32 Å². The van der Waals surface area contributed by atoms with Crippen LogP contribution in [0.1, 0.15) is 31.7 Å². The summed E-state index contributed by atoms with van der Waals surface area (Å²) in [6.45, 7) is 2.99. The van der Waals surface area contributed by atoms with E-state index < -0.39 is 11.4 Å². The first kappa shape index (κ1) is 16.9. The number of carbonyl (C=O) groups is 3. The molecule has 7 heteroatoms. The summed E-state index contributed by atoms with van der Waals surface area (Å²) >= 11 is 0. The average molecular weight is 357 g/mol. The second kappa shape index (κ2) is 6.00. The third-order valence-electron chi connectivity index (χ3n) is 6.19. The lowest BCUT2D eigenvalue weighted by Gasteiger charge is -2.23. The molecule has 1 aromatic rings. The van der Waals surface area contributed by atoms with Crippen molar-refractivity contribution in [2.75, 3.05) is 29.9 Å². The van der Waals surface area contributed by atoms with Crippen LogP contribution in [0.15, 0.2) is 18.2 Å². The number of anilines is 2. The highest BCUT2D eigenvalue weighted by molar-refractivity contribution is 5.95. The third kappa shape index (κ3) is 2.53. The summed E-state index contributed by atoms with van der Waals surface area (Å²) in [4.78, 5) is 39.4. The molecule has 2 aliphatic heterocycles. The number of likely N-dealkylation sites (tertiary alicyclic amines) is 1. The number of rotatable bonds is 2. The number of hydrogen-bond acceptors (Lipinski definition) is 3. The van der Waals surface area contributed by atoms with Gasteiger partial charge in [-0.3, -0.25) is 9.59 Å². The lowest BCUT2D eigenvalue weighted by atomic mass is 9.81. The minimum atomic E-state index is -0.780. The van der Waals surface area contributed by atoms with Gasteiger partial charge in [-0.15, -0.1) is 0 Å². The summed E-state index contributed by atoms with van der Waals surface area (Å²) in [6.07, 6.45) is 3.21. The Morgan fingerprint density at radius 2 is 2.12 bits per heavy atom. The van der Waals surface area contributed by atoms with Gasteiger partial charge in [0.2, 0.25) is 5.91 Å². The van der Waals surface area contributed by atoms with E-state index in [-0.39, 0.29) is 24.4 Å². The van der Waals surface area contributed by atoms with E-state index in [0.717, 1.165) is 30.5 Å². The molecule has 1 aromatic carbocycles. The molecule has 2 N–H and O–H groups in total. The monoisotopic (exact) mass is 357 g/mol. The summed E-state index contributed by atoms with van der Waals surface area (Å²) in [7, 11) is 0. The fourth-order valence-electron chi connectivity index (χ4n) is 4.80. The molecule has 0 radical (unpaired) electrons. The maximum Gasteiger partial charge on any atom is 0.321 e. The number of carbonyl (C=O) groups excluding carboxylic acids is 2. The molecule has 0 spiro atoms. The fourth-order valence-corrected chi connectivity index (χ4v) is 4.80. The van der Waals surface area contributed by atoms with Crippen molar-refractivity contribution >= 4 is 29.3 Å². The van der Waals surface area contributed by atoms with Crippen molar-refractivity contribution < 1.29 is 19.5 Å². The number of carboxylic acid groups (broad SMARTS) is 1. The number of urea groups is 1. The summed E-state index contributed by atoms with van der Waals surface area (Å²) in [6, 6.07) is 5.31. The number of hydrogen-bond donors (Lipinski definition) is 2. The zero-order chi connectivity index (χ0) is 18.5. The van der Waals surface area contributed by atoms with Gasteiger partial charge >= 0.3 is 12.0 Å². The Morgan fingerprint density at radius 3 is 2.81 bits per heavy atom. The molecule has 1 saturated heterocycles. The van der Waals surface area contributed by atoms with Crippen LogP contribution < -0.4 is 10.2 Å². The molecule has 2 atom stereocenters. The normalized spacial score (nSPS) is 26.6. The zero-order valence-electron chi connectivity index (χ0n) is 14.8. The van der Waals surface area contributed by atoms with Crippen molar-refractivity contribution in [1.29, 1.82) is 0 Å². The predicted molar refractivity (Wildman–Crippen MR) is 96.2 cm³/mol. The van der Waals surface area contributed by atoms with Crippen LogP contribution in [-0.4, -0.2) is 47.5 Å². The maximum absolute atomic E-state index is 12.6. The van der Waals surface area contributed by atoms with Crippen molar-refractivity contribution in [3.05, 3.63) is 23.8 Å². The predicted octanol–water partition coefficient (Wildman–Crippen LogP) is 2.31. The van der Waals surface area contributed by atoms with E-state index in [9.17, 15) is 19.5 Å². The molecule has 1 aliphatic carbocycles. The van der Waals surface area contributed by atoms with Crippen LogP contribution in [0.4, 0.5) is 16.2 Å². The number of carboxylic acids is 1. The second-order valence-corrected chi connectivity index (χ2v) is 7.63. The van der Waals surface area contributed by atoms with E-state index >= 15 is 0 Å². The van der Waals surface area contributed by atoms with E-state index in [1.165, 1.54) is 0 Å². The Bertz CT molecular complexity index is 793. The van der Waals surface area contributed by atoms with Gasteiger partial charge < -0.3 is 20.2 Å². The largest absolute Gasteiger partial charge is 0.481 e. The second-order valence-electron chi connectivity index (χ2n) is 7.63. The summed E-state index contributed by atoms with van der Waals surface area (Å²) in [5.74, 6) is -0.713. The number of amides is 3. The van der Waals surface area contributed by atoms with Crippen LogP contribution >= 0.6 is 0 Å². The first-order chi connectivity index (χ1) is 12.4. The van der Waals surface area contributed by atoms with Gasteiger partial charge in [0.25, 0.3) is 0 Å². The molecule has 0 bridgehead atoms. The molecule has 3 aliphatic rings. The molecule has 138 valence electrons. The highest BCUT2D eigenvalue weighted by Crippen LogP contribution is 2.49. The molecular weight excluding hydrogens is 334 g/mol. The zero-order valence-corrected chi connectivity index (χ0v) is 14.8. The van der Waals surface area contributed by atoms with Crippen LogP contribution in [0, 0.1) is 11.3 Å². The minimum absolute atomic E-state index is 0.0168. The molecule has 0 aromatic heterocycles. The number of benzene rings is 1. The minimum Gasteiger partial charge on any atom is -0.481 e. The van der Waals surface area contributed by atoms with Crippen molar-refractivity contribution in [3.63, 3.8) is 0 Å². The number of aliphatic carboxylic acids is 1. The van der Waals surface area contributed by atoms with Crippen LogP contribution in [0.25, 0.3) is 0 Å². The van der Waals surface area contributed by atoms with Crippen molar-refractivity contribution in [2.24, 2.45) is 11.3 Å². The quantitative estimate of drug-likeness (QED) is 0.850. The highest BCUT2D eigenvalue weighted by atomic mass is 16.4. The van der Waals surface area contributed by atoms with Gasteiger partial charge in [0.15, 0.2) is 0 Å². The van der Waals surface area contributed by atoms with Crippen molar-refractivity contribution in [3.8, 4) is 0 Å². The first-order valence-corrected chi connectivity index (χ1v) is 9.11. The van der Waals surface area contributed by atoms with Gasteiger partial charge in [0, 0.05) is 37.9 Å². The Labute approximate surface area is 152 Å². The number of nitrogens with one attached hydrogen (secondary N) is 1. The van der Waals surface area contributed by atoms with Crippen LogP contribution in [0.3, 0.4) is 0 Å². The molecule has 26 heavy (non-hydrogen) atoms. The van der Waals surface area contributed by atoms with E-state index in [1.807, 2.05) is 12.1 Å². The van der Waals surface area contributed by atoms with Gasteiger partial charge in [-0.2, -0.15) is 0 Å². The van der Waals surface area contributed by atoms with Gasteiger partial charge in [-0.25, -0.2) is 4.79 Å². The molecule has 4 rings (SSSR count). The van der Waals surface area contributed by atoms with Crippen LogP contribution in [0.5, 0.6) is 0 Å². The van der Waals surface area contributed by atoms with Gasteiger partial charge in [0.05, 0.1) is 5.41 Å². The van der Waals surface area contributed by atoms with Gasteiger partial charge in [-0.1, -0.05) is 6.42 Å². The Hall–Kier alpha value is -2.57. The Morgan fingerprint density at radius 1 is 1.31 bits per heavy atom. The topological polar surface area (TPSA) is 90.0 Å². The first-order valence-electron chi connectivity index (χ1n) is 9.11. The summed E-state index contributed by atoms with van der Waals surface area (Å²) in [5.41, 5.74) is 1.85. The van der Waals surface area contributed by atoms with E-state index in [4.69, 9.17) is 0 Å². The molecule has 1 saturated carbocycles. The molecule has 2 fully saturated rings.